The molecule has 0 amide bonds. The molecular formula is C17H25NO3S2. The highest BCUT2D eigenvalue weighted by Gasteiger charge is 2.24. The van der Waals surface area contributed by atoms with Gasteiger partial charge in [0.15, 0.2) is 5.78 Å². The molecular weight excluding hydrogens is 330 g/mol. The number of Topliss-reactive ketones (excluding diaryl/α,β-unsaturated/α-hetero) is 1. The Labute approximate surface area is 148 Å². The van der Waals surface area contributed by atoms with Crippen molar-refractivity contribution in [2.75, 3.05) is 25.4 Å². The minimum Gasteiger partial charge on any atom is -0.493 e. The molecule has 0 atom stereocenters. The van der Waals surface area contributed by atoms with Crippen LogP contribution in [0, 0.1) is 0 Å². The lowest BCUT2D eigenvalue weighted by Gasteiger charge is -2.20. The highest BCUT2D eigenvalue weighted by atomic mass is 32.2. The van der Waals surface area contributed by atoms with Crippen LogP contribution in [0.5, 0.6) is 5.75 Å². The van der Waals surface area contributed by atoms with Crippen LogP contribution in [0.2, 0.25) is 0 Å². The molecule has 4 nitrogen and oxygen atoms in total. The van der Waals surface area contributed by atoms with Crippen molar-refractivity contribution >= 4 is 34.1 Å². The number of carbonyl (C=O) groups excluding carboxylic acids is 1. The number of carbonyl (C=O) groups is 1. The Morgan fingerprint density at radius 1 is 1.26 bits per heavy atom. The number of benzene rings is 1. The molecule has 0 aliphatic carbocycles. The van der Waals surface area contributed by atoms with Crippen LogP contribution in [0.1, 0.15) is 38.1 Å². The highest BCUT2D eigenvalue weighted by Crippen LogP contribution is 2.17. The molecule has 1 aromatic rings. The zero-order valence-corrected chi connectivity index (χ0v) is 15.8. The monoisotopic (exact) mass is 355 g/mol. The third-order valence-electron chi connectivity index (χ3n) is 3.27. The van der Waals surface area contributed by atoms with E-state index in [-0.39, 0.29) is 5.78 Å². The number of rotatable bonds is 8. The summed E-state index contributed by atoms with van der Waals surface area (Å²) >= 11 is 6.97. The SMILES string of the molecule is CCN(CC)C(=S)SCCOc1ccc(C(=O)C(C)(C)O)cc1. The lowest BCUT2D eigenvalue weighted by Crippen LogP contribution is -2.30. The zero-order chi connectivity index (χ0) is 17.5. The summed E-state index contributed by atoms with van der Waals surface area (Å²) in [4.78, 5) is 14.1. The van der Waals surface area contributed by atoms with E-state index in [2.05, 4.69) is 18.7 Å². The van der Waals surface area contributed by atoms with Gasteiger partial charge in [0.1, 0.15) is 15.7 Å². The van der Waals surface area contributed by atoms with Gasteiger partial charge in [-0.3, -0.25) is 4.79 Å². The smallest absolute Gasteiger partial charge is 0.193 e. The molecule has 1 rings (SSSR count). The molecule has 6 heteroatoms. The normalized spacial score (nSPS) is 11.2. The number of hydrogen-bond acceptors (Lipinski definition) is 5. The van der Waals surface area contributed by atoms with E-state index in [4.69, 9.17) is 17.0 Å². The van der Waals surface area contributed by atoms with Crippen LogP contribution in [0.3, 0.4) is 0 Å². The van der Waals surface area contributed by atoms with E-state index >= 15 is 0 Å². The third-order valence-corrected chi connectivity index (χ3v) is 4.76. The van der Waals surface area contributed by atoms with Crippen molar-refractivity contribution in [3.8, 4) is 5.75 Å². The predicted molar refractivity (Wildman–Crippen MR) is 101 cm³/mol. The topological polar surface area (TPSA) is 49.8 Å². The van der Waals surface area contributed by atoms with Gasteiger partial charge in [0.25, 0.3) is 0 Å². The fraction of sp³-hybridized carbons (Fsp3) is 0.529. The molecule has 0 aliphatic heterocycles. The molecule has 0 unspecified atom stereocenters. The lowest BCUT2D eigenvalue weighted by molar-refractivity contribution is 0.0488. The Kier molecular flexibility index (Phi) is 8.02. The predicted octanol–water partition coefficient (Wildman–Crippen LogP) is 3.38. The Balaban J connectivity index is 2.42. The van der Waals surface area contributed by atoms with E-state index in [0.29, 0.717) is 17.9 Å². The second kappa shape index (κ2) is 9.25. The number of thioether (sulfide) groups is 1. The molecule has 128 valence electrons. The van der Waals surface area contributed by atoms with E-state index < -0.39 is 5.60 Å². The molecule has 23 heavy (non-hydrogen) atoms. The minimum absolute atomic E-state index is 0.302. The molecule has 0 saturated heterocycles. The Hall–Kier alpha value is -1.11. The van der Waals surface area contributed by atoms with Crippen LogP contribution in [0.15, 0.2) is 24.3 Å². The summed E-state index contributed by atoms with van der Waals surface area (Å²) in [5.41, 5.74) is -0.888. The zero-order valence-electron chi connectivity index (χ0n) is 14.2. The quantitative estimate of drug-likeness (QED) is 0.438. The average molecular weight is 356 g/mol. The summed E-state index contributed by atoms with van der Waals surface area (Å²) in [5, 5.41) is 9.72. The Morgan fingerprint density at radius 3 is 2.30 bits per heavy atom. The second-order valence-corrected chi connectivity index (χ2v) is 7.28. The molecule has 0 aliphatic rings. The number of nitrogens with zero attached hydrogens (tertiary/aromatic N) is 1. The van der Waals surface area contributed by atoms with Crippen molar-refractivity contribution in [1.29, 1.82) is 0 Å². The standard InChI is InChI=1S/C17H25NO3S2/c1-5-18(6-2)16(22)23-12-11-21-14-9-7-13(8-10-14)15(19)17(3,4)20/h7-10,20H,5-6,11-12H2,1-4H3. The van der Waals surface area contributed by atoms with Gasteiger partial charge in [0.2, 0.25) is 0 Å². The Bertz CT molecular complexity index is 520. The van der Waals surface area contributed by atoms with Crippen molar-refractivity contribution in [3.05, 3.63) is 29.8 Å². The molecule has 0 bridgehead atoms. The van der Waals surface area contributed by atoms with Gasteiger partial charge < -0.3 is 14.7 Å². The molecule has 0 fully saturated rings. The summed E-state index contributed by atoms with van der Waals surface area (Å²) in [5.74, 6) is 1.18. The summed E-state index contributed by atoms with van der Waals surface area (Å²) in [6.07, 6.45) is 0. The van der Waals surface area contributed by atoms with E-state index in [1.807, 2.05) is 0 Å². The van der Waals surface area contributed by atoms with Crippen molar-refractivity contribution in [3.63, 3.8) is 0 Å². The first kappa shape index (κ1) is 19.9. The second-order valence-electron chi connectivity index (χ2n) is 5.55. The van der Waals surface area contributed by atoms with Gasteiger partial charge in [-0.25, -0.2) is 0 Å². The van der Waals surface area contributed by atoms with E-state index in [1.54, 1.807) is 36.0 Å². The molecule has 0 aromatic heterocycles. The van der Waals surface area contributed by atoms with Gasteiger partial charge in [-0.1, -0.05) is 24.0 Å². The van der Waals surface area contributed by atoms with Crippen LogP contribution in [-0.2, 0) is 0 Å². The van der Waals surface area contributed by atoms with Gasteiger partial charge in [-0.05, 0) is 52.0 Å². The fourth-order valence-corrected chi connectivity index (χ4v) is 3.21. The van der Waals surface area contributed by atoms with Gasteiger partial charge in [-0.2, -0.15) is 0 Å². The van der Waals surface area contributed by atoms with Crippen LogP contribution >= 0.6 is 24.0 Å². The molecule has 1 aromatic carbocycles. The average Bonchev–Trinajstić information content (AvgIpc) is 2.52. The van der Waals surface area contributed by atoms with E-state index in [9.17, 15) is 9.90 Å². The first-order valence-corrected chi connectivity index (χ1v) is 9.10. The minimum atomic E-state index is -1.36. The Morgan fingerprint density at radius 2 is 1.83 bits per heavy atom. The highest BCUT2D eigenvalue weighted by molar-refractivity contribution is 8.22. The van der Waals surface area contributed by atoms with Crippen LogP contribution in [0.25, 0.3) is 0 Å². The van der Waals surface area contributed by atoms with Crippen molar-refractivity contribution in [2.45, 2.75) is 33.3 Å². The van der Waals surface area contributed by atoms with Crippen molar-refractivity contribution < 1.29 is 14.6 Å². The molecule has 0 heterocycles. The molecule has 1 N–H and O–H groups in total. The molecule has 0 saturated carbocycles. The van der Waals surface area contributed by atoms with Crippen molar-refractivity contribution in [1.82, 2.24) is 4.90 Å². The molecule has 0 radical (unpaired) electrons. The van der Waals surface area contributed by atoms with Gasteiger partial charge in [0.05, 0.1) is 6.61 Å². The number of aliphatic hydroxyl groups is 1. The van der Waals surface area contributed by atoms with E-state index in [0.717, 1.165) is 23.2 Å². The fourth-order valence-electron chi connectivity index (χ4n) is 1.92. The maximum Gasteiger partial charge on any atom is 0.193 e. The maximum atomic E-state index is 11.9. The number of ether oxygens (including phenoxy) is 1. The van der Waals surface area contributed by atoms with Crippen LogP contribution < -0.4 is 4.74 Å². The molecule has 0 spiro atoms. The first-order chi connectivity index (χ1) is 10.8. The van der Waals surface area contributed by atoms with Gasteiger partial charge in [-0.15, -0.1) is 0 Å². The number of hydrogen-bond donors (Lipinski definition) is 1. The van der Waals surface area contributed by atoms with Crippen LogP contribution in [0.4, 0.5) is 0 Å². The largest absolute Gasteiger partial charge is 0.493 e. The number of ketones is 1. The first-order valence-electron chi connectivity index (χ1n) is 7.71. The summed E-state index contributed by atoms with van der Waals surface area (Å²) in [7, 11) is 0. The van der Waals surface area contributed by atoms with Gasteiger partial charge >= 0.3 is 0 Å². The third kappa shape index (κ3) is 6.49. The van der Waals surface area contributed by atoms with Crippen LogP contribution in [-0.4, -0.2) is 51.2 Å². The maximum absolute atomic E-state index is 11.9. The summed E-state index contributed by atoms with van der Waals surface area (Å²) in [6, 6.07) is 6.82. The summed E-state index contributed by atoms with van der Waals surface area (Å²) in [6.45, 7) is 9.52. The van der Waals surface area contributed by atoms with Gasteiger partial charge in [0, 0.05) is 24.4 Å². The lowest BCUT2D eigenvalue weighted by atomic mass is 9.97. The van der Waals surface area contributed by atoms with Crippen molar-refractivity contribution in [2.24, 2.45) is 0 Å². The van der Waals surface area contributed by atoms with E-state index in [1.165, 1.54) is 13.8 Å². The summed E-state index contributed by atoms with van der Waals surface area (Å²) < 4.78 is 6.54. The number of thiocarbonyl (C=S) groups is 1.